The largest absolute Gasteiger partial charge is 0.494 e. The molecule has 0 bridgehead atoms. The van der Waals surface area contributed by atoms with Gasteiger partial charge in [0.1, 0.15) is 11.6 Å². The summed E-state index contributed by atoms with van der Waals surface area (Å²) in [5.41, 5.74) is 0.0491. The van der Waals surface area contributed by atoms with Crippen LogP contribution < -0.4 is 20.9 Å². The molecular weight excluding hydrogens is 408 g/mol. The van der Waals surface area contributed by atoms with Crippen LogP contribution in [0.5, 0.6) is 5.75 Å². The Morgan fingerprint density at radius 1 is 0.938 bits per heavy atom. The second-order valence-corrected chi connectivity index (χ2v) is 8.64. The van der Waals surface area contributed by atoms with Crippen molar-refractivity contribution < 1.29 is 9.53 Å². The van der Waals surface area contributed by atoms with Gasteiger partial charge in [-0.25, -0.2) is 4.79 Å². The zero-order valence-electron chi connectivity index (χ0n) is 19.7. The Morgan fingerprint density at radius 3 is 2.19 bits per heavy atom. The summed E-state index contributed by atoms with van der Waals surface area (Å²) >= 11 is 0. The Bertz CT molecular complexity index is 1050. The van der Waals surface area contributed by atoms with Gasteiger partial charge in [-0.15, -0.1) is 0 Å². The minimum absolute atomic E-state index is 0.0219. The van der Waals surface area contributed by atoms with Crippen LogP contribution in [0.3, 0.4) is 0 Å². The van der Waals surface area contributed by atoms with Gasteiger partial charge in [0.15, 0.2) is 0 Å². The first-order valence-electron chi connectivity index (χ1n) is 11.4. The van der Waals surface area contributed by atoms with Crippen LogP contribution in [0.4, 0.5) is 5.82 Å². The lowest BCUT2D eigenvalue weighted by atomic mass is 10.2. The lowest BCUT2D eigenvalue weighted by molar-refractivity contribution is 0.0767. The van der Waals surface area contributed by atoms with E-state index in [0.29, 0.717) is 44.2 Å². The molecule has 0 unspecified atom stereocenters. The van der Waals surface area contributed by atoms with Crippen LogP contribution in [0.2, 0.25) is 0 Å². The third-order valence-electron chi connectivity index (χ3n) is 5.70. The van der Waals surface area contributed by atoms with Crippen molar-refractivity contribution in [2.45, 2.75) is 53.1 Å². The second-order valence-electron chi connectivity index (χ2n) is 8.64. The molecule has 1 amide bonds. The van der Waals surface area contributed by atoms with Gasteiger partial charge in [-0.05, 0) is 65.3 Å². The number of anilines is 1. The molecule has 1 aliphatic heterocycles. The van der Waals surface area contributed by atoms with Gasteiger partial charge in [0, 0.05) is 49.9 Å². The molecule has 0 radical (unpaired) electrons. The molecule has 8 nitrogen and oxygen atoms in total. The maximum atomic E-state index is 13.1. The fraction of sp³-hybridized carbons (Fsp3) is 0.542. The molecule has 0 N–H and O–H groups in total. The zero-order valence-corrected chi connectivity index (χ0v) is 19.7. The lowest BCUT2D eigenvalue weighted by Crippen LogP contribution is -2.45. The minimum atomic E-state index is -0.288. The highest BCUT2D eigenvalue weighted by atomic mass is 16.5. The van der Waals surface area contributed by atoms with Crippen LogP contribution in [-0.2, 0) is 0 Å². The highest BCUT2D eigenvalue weighted by Crippen LogP contribution is 2.20. The van der Waals surface area contributed by atoms with E-state index >= 15 is 0 Å². The average molecular weight is 443 g/mol. The number of aromatic nitrogens is 2. The van der Waals surface area contributed by atoms with Gasteiger partial charge in [-0.3, -0.25) is 18.7 Å². The molecule has 2 aromatic rings. The molecule has 3 rings (SSSR count). The van der Waals surface area contributed by atoms with Gasteiger partial charge in [0.05, 0.1) is 6.61 Å². The molecule has 0 spiro atoms. The summed E-state index contributed by atoms with van der Waals surface area (Å²) in [7, 11) is 0. The molecule has 2 heterocycles. The van der Waals surface area contributed by atoms with E-state index in [2.05, 4.69) is 4.90 Å². The maximum Gasteiger partial charge on any atom is 0.333 e. The van der Waals surface area contributed by atoms with E-state index < -0.39 is 0 Å². The fourth-order valence-electron chi connectivity index (χ4n) is 4.15. The number of hydrogen-bond acceptors (Lipinski definition) is 5. The summed E-state index contributed by atoms with van der Waals surface area (Å²) in [5.74, 6) is 1.35. The van der Waals surface area contributed by atoms with Gasteiger partial charge < -0.3 is 14.5 Å². The lowest BCUT2D eigenvalue weighted by Gasteiger charge is -2.28. The maximum absolute atomic E-state index is 13.1. The Kier molecular flexibility index (Phi) is 7.43. The Balaban J connectivity index is 1.83. The van der Waals surface area contributed by atoms with Crippen molar-refractivity contribution in [1.82, 2.24) is 14.0 Å². The van der Waals surface area contributed by atoms with E-state index in [9.17, 15) is 14.4 Å². The SMILES string of the molecule is CCOc1ccc(C(=O)N2CCCN(c3cc(=O)n(C(C)C)c(=O)n3C(C)C)CC2)cc1. The number of nitrogens with zero attached hydrogens (tertiary/aromatic N) is 4. The van der Waals surface area contributed by atoms with Crippen molar-refractivity contribution in [3.63, 3.8) is 0 Å². The number of amides is 1. The molecule has 1 saturated heterocycles. The molecule has 1 aromatic carbocycles. The number of carbonyl (C=O) groups is 1. The van der Waals surface area contributed by atoms with Crippen molar-refractivity contribution in [2.75, 3.05) is 37.7 Å². The number of rotatable bonds is 6. The summed E-state index contributed by atoms with van der Waals surface area (Å²) in [6, 6.07) is 8.47. The zero-order chi connectivity index (χ0) is 23.4. The third-order valence-corrected chi connectivity index (χ3v) is 5.70. The summed E-state index contributed by atoms with van der Waals surface area (Å²) in [4.78, 5) is 42.7. The number of carbonyl (C=O) groups excluding carboxylic acids is 1. The van der Waals surface area contributed by atoms with E-state index in [-0.39, 0.29) is 29.2 Å². The van der Waals surface area contributed by atoms with Crippen molar-refractivity contribution in [2.24, 2.45) is 0 Å². The van der Waals surface area contributed by atoms with Crippen LogP contribution in [0.15, 0.2) is 39.9 Å². The monoisotopic (exact) mass is 442 g/mol. The molecule has 1 fully saturated rings. The minimum Gasteiger partial charge on any atom is -0.494 e. The van der Waals surface area contributed by atoms with Crippen LogP contribution >= 0.6 is 0 Å². The van der Waals surface area contributed by atoms with E-state index in [0.717, 1.165) is 12.2 Å². The highest BCUT2D eigenvalue weighted by molar-refractivity contribution is 5.94. The Morgan fingerprint density at radius 2 is 1.59 bits per heavy atom. The predicted molar refractivity (Wildman–Crippen MR) is 126 cm³/mol. The second kappa shape index (κ2) is 10.1. The summed E-state index contributed by atoms with van der Waals surface area (Å²) in [6.45, 7) is 12.4. The van der Waals surface area contributed by atoms with Crippen molar-refractivity contribution >= 4 is 11.7 Å². The van der Waals surface area contributed by atoms with Crippen LogP contribution in [-0.4, -0.2) is 52.7 Å². The third kappa shape index (κ3) is 4.89. The normalized spacial score (nSPS) is 14.7. The fourth-order valence-corrected chi connectivity index (χ4v) is 4.15. The molecule has 174 valence electrons. The van der Waals surface area contributed by atoms with E-state index in [1.54, 1.807) is 22.8 Å². The van der Waals surface area contributed by atoms with Crippen molar-refractivity contribution in [3.05, 3.63) is 56.7 Å². The summed E-state index contributed by atoms with van der Waals surface area (Å²) < 4.78 is 8.44. The van der Waals surface area contributed by atoms with Crippen molar-refractivity contribution in [1.29, 1.82) is 0 Å². The van der Waals surface area contributed by atoms with Gasteiger partial charge in [0.25, 0.3) is 11.5 Å². The van der Waals surface area contributed by atoms with E-state index in [1.165, 1.54) is 4.57 Å². The first-order chi connectivity index (χ1) is 15.2. The molecule has 1 aromatic heterocycles. The molecule has 1 aliphatic rings. The quantitative estimate of drug-likeness (QED) is 0.688. The average Bonchev–Trinajstić information content (AvgIpc) is 2.99. The number of hydrogen-bond donors (Lipinski definition) is 0. The topological polar surface area (TPSA) is 76.8 Å². The number of ether oxygens (including phenoxy) is 1. The predicted octanol–water partition coefficient (Wildman–Crippen LogP) is 2.92. The summed E-state index contributed by atoms with van der Waals surface area (Å²) in [6.07, 6.45) is 0.752. The number of benzene rings is 1. The van der Waals surface area contributed by atoms with E-state index in [4.69, 9.17) is 4.74 Å². The van der Waals surface area contributed by atoms with Gasteiger partial charge in [0.2, 0.25) is 0 Å². The first kappa shape index (κ1) is 23.6. The molecule has 32 heavy (non-hydrogen) atoms. The highest BCUT2D eigenvalue weighted by Gasteiger charge is 2.24. The van der Waals surface area contributed by atoms with Crippen LogP contribution in [0.25, 0.3) is 0 Å². The van der Waals surface area contributed by atoms with E-state index in [1.807, 2.05) is 51.7 Å². The first-order valence-corrected chi connectivity index (χ1v) is 11.4. The van der Waals surface area contributed by atoms with Crippen molar-refractivity contribution in [3.8, 4) is 5.75 Å². The molecule has 0 atom stereocenters. The van der Waals surface area contributed by atoms with Gasteiger partial charge in [-0.1, -0.05) is 0 Å². The summed E-state index contributed by atoms with van der Waals surface area (Å²) in [5, 5.41) is 0. The van der Waals surface area contributed by atoms with Crippen LogP contribution in [0.1, 0.15) is 63.5 Å². The van der Waals surface area contributed by atoms with Gasteiger partial charge in [-0.2, -0.15) is 0 Å². The Hall–Kier alpha value is -3.03. The standard InChI is InChI=1S/C24H34N4O4/c1-6-32-20-10-8-19(9-11-20)23(30)26-13-7-12-25(14-15-26)21-16-22(29)28(18(4)5)24(31)27(21)17(2)3/h8-11,16-18H,6-7,12-15H2,1-5H3. The molecule has 0 saturated carbocycles. The Labute approximate surface area is 189 Å². The molecule has 0 aliphatic carbocycles. The van der Waals surface area contributed by atoms with Crippen LogP contribution in [0, 0.1) is 0 Å². The molecular formula is C24H34N4O4. The van der Waals surface area contributed by atoms with Gasteiger partial charge >= 0.3 is 5.69 Å². The molecule has 8 heteroatoms. The smallest absolute Gasteiger partial charge is 0.333 e.